The molecule has 6 nitrogen and oxygen atoms in total. The third-order valence-electron chi connectivity index (χ3n) is 4.24. The minimum Gasteiger partial charge on any atom is -0.494 e. The van der Waals surface area contributed by atoms with E-state index in [0.717, 1.165) is 16.9 Å². The zero-order valence-corrected chi connectivity index (χ0v) is 15.3. The Hall–Kier alpha value is -2.96. The first-order chi connectivity index (χ1) is 13.3. The molecule has 1 fully saturated rings. The fourth-order valence-electron chi connectivity index (χ4n) is 2.85. The number of nitrogens with zero attached hydrogens (tertiary/aromatic N) is 1. The average molecular weight is 364 g/mol. The van der Waals surface area contributed by atoms with E-state index in [9.17, 15) is 4.79 Å². The van der Waals surface area contributed by atoms with E-state index in [0.29, 0.717) is 13.0 Å². The fourth-order valence-corrected chi connectivity index (χ4v) is 2.85. The van der Waals surface area contributed by atoms with Crippen LogP contribution in [0.3, 0.4) is 0 Å². The molecule has 3 N–H and O–H groups in total. The molecule has 0 saturated carbocycles. The Balaban J connectivity index is 1.46. The molecule has 1 amide bonds. The first-order valence-electron chi connectivity index (χ1n) is 9.04. The molecule has 27 heavy (non-hydrogen) atoms. The number of hydrogen-bond donors (Lipinski definition) is 3. The van der Waals surface area contributed by atoms with Crippen LogP contribution in [0.25, 0.3) is 6.08 Å². The largest absolute Gasteiger partial charge is 0.494 e. The van der Waals surface area contributed by atoms with Gasteiger partial charge in [0.15, 0.2) is 0 Å². The van der Waals surface area contributed by atoms with Gasteiger partial charge >= 0.3 is 0 Å². The first kappa shape index (κ1) is 18.8. The summed E-state index contributed by atoms with van der Waals surface area (Å²) >= 11 is 0. The number of nitrogens with one attached hydrogen (secondary N) is 3. The molecule has 6 heteroatoms. The third kappa shape index (κ3) is 5.51. The fraction of sp³-hybridized carbons (Fsp3) is 0.238. The van der Waals surface area contributed by atoms with Crippen LogP contribution in [0.5, 0.6) is 5.75 Å². The molecule has 1 aliphatic rings. The van der Waals surface area contributed by atoms with Gasteiger partial charge in [0, 0.05) is 12.3 Å². The second kappa shape index (κ2) is 9.66. The van der Waals surface area contributed by atoms with Crippen molar-refractivity contribution in [3.63, 3.8) is 0 Å². The van der Waals surface area contributed by atoms with E-state index < -0.39 is 0 Å². The molecular weight excluding hydrogens is 340 g/mol. The molecule has 1 saturated heterocycles. The Bertz CT molecular complexity index is 788. The van der Waals surface area contributed by atoms with E-state index >= 15 is 0 Å². The lowest BCUT2D eigenvalue weighted by Crippen LogP contribution is -2.41. The molecule has 140 valence electrons. The molecule has 0 aliphatic carbocycles. The van der Waals surface area contributed by atoms with E-state index in [1.807, 2.05) is 67.6 Å². The van der Waals surface area contributed by atoms with E-state index in [4.69, 9.17) is 4.74 Å². The van der Waals surface area contributed by atoms with Crippen LogP contribution in [0, 0.1) is 0 Å². The Kier molecular flexibility index (Phi) is 6.73. The molecule has 0 bridgehead atoms. The van der Waals surface area contributed by atoms with Crippen molar-refractivity contribution in [3.05, 3.63) is 71.8 Å². The Morgan fingerprint density at radius 2 is 1.96 bits per heavy atom. The van der Waals surface area contributed by atoms with Gasteiger partial charge in [-0.3, -0.25) is 4.79 Å². The van der Waals surface area contributed by atoms with Gasteiger partial charge in [-0.2, -0.15) is 5.10 Å². The number of carbonyl (C=O) groups excluding carboxylic acids is 1. The molecular formula is C21H24N4O2. The van der Waals surface area contributed by atoms with Gasteiger partial charge in [-0.1, -0.05) is 48.5 Å². The lowest BCUT2D eigenvalue weighted by atomic mass is 10.0. The average Bonchev–Trinajstić information content (AvgIpc) is 3.20. The highest BCUT2D eigenvalue weighted by Gasteiger charge is 2.29. The van der Waals surface area contributed by atoms with Gasteiger partial charge in [0.05, 0.1) is 6.61 Å². The van der Waals surface area contributed by atoms with Crippen LogP contribution in [-0.2, 0) is 4.79 Å². The van der Waals surface area contributed by atoms with Crippen molar-refractivity contribution < 1.29 is 9.53 Å². The molecule has 2 unspecified atom stereocenters. The second-order valence-corrected chi connectivity index (χ2v) is 6.16. The highest BCUT2D eigenvalue weighted by atomic mass is 16.5. The van der Waals surface area contributed by atoms with Gasteiger partial charge < -0.3 is 4.74 Å². The van der Waals surface area contributed by atoms with Crippen molar-refractivity contribution in [1.82, 2.24) is 16.3 Å². The van der Waals surface area contributed by atoms with Gasteiger partial charge in [-0.25, -0.2) is 16.3 Å². The maximum atomic E-state index is 12.2. The molecule has 2 aromatic carbocycles. The number of hydrazone groups is 1. The summed E-state index contributed by atoms with van der Waals surface area (Å²) in [4.78, 5) is 12.2. The van der Waals surface area contributed by atoms with Crippen LogP contribution in [0.2, 0.25) is 0 Å². The van der Waals surface area contributed by atoms with Crippen LogP contribution in [0.15, 0.2) is 65.8 Å². The number of amides is 1. The van der Waals surface area contributed by atoms with Gasteiger partial charge in [0.2, 0.25) is 0 Å². The summed E-state index contributed by atoms with van der Waals surface area (Å²) in [7, 11) is 0. The Morgan fingerprint density at radius 1 is 1.19 bits per heavy atom. The zero-order chi connectivity index (χ0) is 18.9. The maximum Gasteiger partial charge on any atom is 0.258 e. The summed E-state index contributed by atoms with van der Waals surface area (Å²) < 4.78 is 5.45. The molecule has 2 atom stereocenters. The molecule has 2 aromatic rings. The van der Waals surface area contributed by atoms with Gasteiger partial charge in [-0.15, -0.1) is 0 Å². The number of hydrazine groups is 1. The molecule has 0 radical (unpaired) electrons. The van der Waals surface area contributed by atoms with Gasteiger partial charge in [0.25, 0.3) is 5.91 Å². The topological polar surface area (TPSA) is 74.8 Å². The summed E-state index contributed by atoms with van der Waals surface area (Å²) in [6, 6.07) is 17.5. The van der Waals surface area contributed by atoms with Crippen LogP contribution in [0.1, 0.15) is 30.5 Å². The van der Waals surface area contributed by atoms with E-state index in [1.54, 1.807) is 12.3 Å². The number of allylic oxidation sites excluding steroid dienone is 1. The van der Waals surface area contributed by atoms with E-state index in [1.165, 1.54) is 0 Å². The van der Waals surface area contributed by atoms with Crippen molar-refractivity contribution >= 4 is 18.2 Å². The Morgan fingerprint density at radius 3 is 2.70 bits per heavy atom. The lowest BCUT2D eigenvalue weighted by Gasteiger charge is -2.10. The smallest absolute Gasteiger partial charge is 0.258 e. The Labute approximate surface area is 159 Å². The van der Waals surface area contributed by atoms with Crippen molar-refractivity contribution in [2.75, 3.05) is 6.61 Å². The summed E-state index contributed by atoms with van der Waals surface area (Å²) in [5.41, 5.74) is 10.9. The second-order valence-electron chi connectivity index (χ2n) is 6.16. The van der Waals surface area contributed by atoms with Crippen LogP contribution in [0.4, 0.5) is 0 Å². The van der Waals surface area contributed by atoms with Gasteiger partial charge in [-0.05, 0) is 42.7 Å². The molecule has 0 spiro atoms. The normalized spacial score (nSPS) is 19.6. The molecule has 3 rings (SSSR count). The van der Waals surface area contributed by atoms with Crippen molar-refractivity contribution in [2.45, 2.75) is 25.4 Å². The monoisotopic (exact) mass is 364 g/mol. The predicted octanol–water partition coefficient (Wildman–Crippen LogP) is 2.81. The van der Waals surface area contributed by atoms with Crippen LogP contribution >= 0.6 is 0 Å². The summed E-state index contributed by atoms with van der Waals surface area (Å²) in [5.74, 6) is 0.680. The number of ether oxygens (including phenoxy) is 1. The van der Waals surface area contributed by atoms with Crippen molar-refractivity contribution in [3.8, 4) is 5.75 Å². The van der Waals surface area contributed by atoms with Crippen LogP contribution < -0.4 is 21.0 Å². The lowest BCUT2D eigenvalue weighted by molar-refractivity contribution is -0.122. The summed E-state index contributed by atoms with van der Waals surface area (Å²) in [6.45, 7) is 2.60. The first-order valence-corrected chi connectivity index (χ1v) is 9.04. The van der Waals surface area contributed by atoms with Crippen molar-refractivity contribution in [2.24, 2.45) is 5.10 Å². The quantitative estimate of drug-likeness (QED) is 0.522. The van der Waals surface area contributed by atoms with E-state index in [-0.39, 0.29) is 18.0 Å². The minimum atomic E-state index is -0.336. The number of hydrogen-bond acceptors (Lipinski definition) is 5. The summed E-state index contributed by atoms with van der Waals surface area (Å²) in [5, 5.41) is 3.97. The molecule has 1 aliphatic heterocycles. The number of benzene rings is 2. The molecule has 0 aromatic heterocycles. The maximum absolute atomic E-state index is 12.2. The highest BCUT2D eigenvalue weighted by Crippen LogP contribution is 2.24. The highest BCUT2D eigenvalue weighted by molar-refractivity contribution is 5.84. The van der Waals surface area contributed by atoms with Crippen molar-refractivity contribution in [1.29, 1.82) is 0 Å². The minimum absolute atomic E-state index is 0.0679. The van der Waals surface area contributed by atoms with E-state index in [2.05, 4.69) is 21.4 Å². The standard InChI is InChI=1S/C21H24N4O2/c1-2-27-18-12-10-17(11-13-18)19-15-20(24-23-19)21(26)25-22-14-6-9-16-7-4-3-5-8-16/h3-14,19-20,23-24H,2,15H2,1H3,(H,25,26)/b9-6+,22-14+. The van der Waals surface area contributed by atoms with Gasteiger partial charge in [0.1, 0.15) is 11.8 Å². The summed E-state index contributed by atoms with van der Waals surface area (Å²) in [6.07, 6.45) is 5.93. The number of rotatable bonds is 7. The zero-order valence-electron chi connectivity index (χ0n) is 15.3. The predicted molar refractivity (Wildman–Crippen MR) is 107 cm³/mol. The SMILES string of the molecule is CCOc1ccc(C2CC(C(=O)N/N=C/C=C/c3ccccc3)NN2)cc1. The third-order valence-corrected chi connectivity index (χ3v) is 4.24. The number of carbonyl (C=O) groups is 1. The molecule has 1 heterocycles. The van der Waals surface area contributed by atoms with Crippen LogP contribution in [-0.4, -0.2) is 24.8 Å².